The second-order valence-electron chi connectivity index (χ2n) is 13.8. The summed E-state index contributed by atoms with van der Waals surface area (Å²) in [6.07, 6.45) is 2.76. The molecule has 14 heteroatoms. The van der Waals surface area contributed by atoms with E-state index < -0.39 is 41.2 Å². The first kappa shape index (κ1) is 31.5. The normalized spacial score (nSPS) is 26.4. The lowest BCUT2D eigenvalue weighted by Crippen LogP contribution is -2.43. The molecule has 0 radical (unpaired) electrons. The van der Waals surface area contributed by atoms with Crippen LogP contribution < -0.4 is 20.7 Å². The smallest absolute Gasteiger partial charge is 0.319 e. The molecule has 49 heavy (non-hydrogen) atoms. The lowest BCUT2D eigenvalue weighted by Gasteiger charge is -2.31. The van der Waals surface area contributed by atoms with E-state index in [4.69, 9.17) is 15.5 Å². The summed E-state index contributed by atoms with van der Waals surface area (Å²) in [5.74, 6) is -2.52. The molecule has 256 valence electrons. The van der Waals surface area contributed by atoms with Crippen LogP contribution in [0.4, 0.5) is 19.0 Å². The van der Waals surface area contributed by atoms with E-state index in [9.17, 15) is 23.5 Å². The number of carbonyl (C=O) groups excluding carboxylic acids is 2. The number of halogens is 3. The third-order valence-corrected chi connectivity index (χ3v) is 10.9. The van der Waals surface area contributed by atoms with Gasteiger partial charge in [-0.15, -0.1) is 0 Å². The first-order valence-corrected chi connectivity index (χ1v) is 16.7. The van der Waals surface area contributed by atoms with Crippen molar-refractivity contribution in [2.45, 2.75) is 56.8 Å². The molecule has 5 atom stereocenters. The maximum absolute atomic E-state index is 16.9. The number of nitrogens with two attached hydrogens (primary N) is 1. The second-order valence-corrected chi connectivity index (χ2v) is 13.8. The van der Waals surface area contributed by atoms with Gasteiger partial charge in [0.2, 0.25) is 11.8 Å². The van der Waals surface area contributed by atoms with Crippen molar-refractivity contribution in [2.24, 2.45) is 17.6 Å². The number of aryl methyl sites for hydroxylation is 1. The molecule has 4 N–H and O–H groups in total. The Morgan fingerprint density at radius 3 is 2.84 bits per heavy atom. The molecule has 0 bridgehead atoms. The molecular formula is C35H36F3N7O4. The maximum atomic E-state index is 16.9. The summed E-state index contributed by atoms with van der Waals surface area (Å²) in [6, 6.07) is 5.14. The van der Waals surface area contributed by atoms with Crippen LogP contribution in [0, 0.1) is 23.5 Å². The summed E-state index contributed by atoms with van der Waals surface area (Å²) in [5, 5.41) is 14.7. The Morgan fingerprint density at radius 2 is 2.04 bits per heavy atom. The molecule has 4 aliphatic rings. The lowest BCUT2D eigenvalue weighted by molar-refractivity contribution is -0.122. The number of carbonyl (C=O) groups is 2. The Morgan fingerprint density at radius 1 is 1.20 bits per heavy atom. The zero-order valence-electron chi connectivity index (χ0n) is 26.9. The number of amides is 2. The fourth-order valence-corrected chi connectivity index (χ4v) is 8.70. The van der Waals surface area contributed by atoms with E-state index in [1.807, 2.05) is 4.90 Å². The van der Waals surface area contributed by atoms with Crippen molar-refractivity contribution in [1.82, 2.24) is 25.2 Å². The predicted molar refractivity (Wildman–Crippen MR) is 175 cm³/mol. The second kappa shape index (κ2) is 11.7. The number of hydrogen-bond acceptors (Lipinski definition) is 9. The van der Waals surface area contributed by atoms with Gasteiger partial charge in [-0.2, -0.15) is 9.97 Å². The molecule has 0 unspecified atom stereocenters. The van der Waals surface area contributed by atoms with Gasteiger partial charge in [0.05, 0.1) is 16.8 Å². The van der Waals surface area contributed by atoms with Crippen molar-refractivity contribution >= 4 is 39.3 Å². The molecule has 2 aromatic heterocycles. The van der Waals surface area contributed by atoms with Crippen LogP contribution in [0.1, 0.15) is 38.2 Å². The Kier molecular flexibility index (Phi) is 7.54. The van der Waals surface area contributed by atoms with E-state index in [0.717, 1.165) is 19.4 Å². The van der Waals surface area contributed by atoms with Gasteiger partial charge >= 0.3 is 6.01 Å². The topological polar surface area (TPSA) is 147 Å². The van der Waals surface area contributed by atoms with Crippen LogP contribution in [-0.4, -0.2) is 87.3 Å². The van der Waals surface area contributed by atoms with E-state index in [2.05, 4.69) is 20.2 Å². The number of phenols is 1. The Hall–Kier alpha value is -4.72. The largest absolute Gasteiger partial charge is 0.508 e. The quantitative estimate of drug-likeness (QED) is 0.254. The highest BCUT2D eigenvalue weighted by atomic mass is 19.1. The Labute approximate surface area is 279 Å². The Balaban J connectivity index is 1.25. The average molecular weight is 676 g/mol. The molecular weight excluding hydrogens is 639 g/mol. The number of ether oxygens (including phenoxy) is 1. The number of aromatic hydroxyl groups is 1. The number of rotatable bonds is 8. The number of nitrogens with one attached hydrogen (secondary N) is 1. The van der Waals surface area contributed by atoms with Gasteiger partial charge in [-0.05, 0) is 60.3 Å². The van der Waals surface area contributed by atoms with Crippen molar-refractivity contribution in [3.8, 4) is 23.0 Å². The molecule has 11 nitrogen and oxygen atoms in total. The van der Waals surface area contributed by atoms with E-state index in [1.54, 1.807) is 6.92 Å². The van der Waals surface area contributed by atoms with E-state index >= 15 is 4.39 Å². The SMILES string of the molecule is CCc1c(F)ccc2cc(O)cc(-c3ncc4c(N5C[C@@H]6[C@@H](CC(N)=O)NC(=O)[C@@H]6C5)nc(OC[C@@]56CCCN5C[C@H](F)C6)nc4c3F)c12. The lowest BCUT2D eigenvalue weighted by atomic mass is 9.92. The van der Waals surface area contributed by atoms with E-state index in [0.29, 0.717) is 48.1 Å². The fourth-order valence-electron chi connectivity index (χ4n) is 8.70. The maximum Gasteiger partial charge on any atom is 0.319 e. The standard InChI is InChI=1S/C35H36F3N7O4/c1-2-20-25(37)5-4-17-8-19(46)9-21(28(17)20)30-29(38)31-22(12-40-30)32(44-14-23-24(15-44)33(48)41-26(23)10-27(39)47)43-34(42-31)49-16-35-6-3-7-45(35)13-18(36)11-35/h4-5,8-9,12,18,23-24,26,46H,2-3,6-7,10-11,13-16H2,1H3,(H2,39,47)(H,41,48)/t18-,23+,24-,26-,35+/m1/s1. The zero-order chi connectivity index (χ0) is 34.2. The molecule has 2 aromatic carbocycles. The highest BCUT2D eigenvalue weighted by Crippen LogP contribution is 2.43. The summed E-state index contributed by atoms with van der Waals surface area (Å²) in [5.41, 5.74) is 5.27. The van der Waals surface area contributed by atoms with Crippen LogP contribution in [0.15, 0.2) is 30.5 Å². The third-order valence-electron chi connectivity index (χ3n) is 10.9. The van der Waals surface area contributed by atoms with Gasteiger partial charge in [-0.3, -0.25) is 19.5 Å². The average Bonchev–Trinajstić information content (AvgIpc) is 3.81. The van der Waals surface area contributed by atoms with Crippen LogP contribution in [0.2, 0.25) is 0 Å². The van der Waals surface area contributed by atoms with Crippen molar-refractivity contribution in [2.75, 3.05) is 37.7 Å². The summed E-state index contributed by atoms with van der Waals surface area (Å²) in [4.78, 5) is 42.3. The van der Waals surface area contributed by atoms with Crippen molar-refractivity contribution < 1.29 is 32.6 Å². The van der Waals surface area contributed by atoms with Crippen molar-refractivity contribution in [3.63, 3.8) is 0 Å². The predicted octanol–water partition coefficient (Wildman–Crippen LogP) is 3.77. The highest BCUT2D eigenvalue weighted by Gasteiger charge is 2.50. The first-order chi connectivity index (χ1) is 23.5. The number of hydrogen-bond donors (Lipinski definition) is 3. The van der Waals surface area contributed by atoms with Crippen LogP contribution in [-0.2, 0) is 16.0 Å². The number of alkyl halides is 1. The molecule has 4 aromatic rings. The minimum atomic E-state index is -0.971. The van der Waals surface area contributed by atoms with Crippen molar-refractivity contribution in [1.29, 1.82) is 0 Å². The third kappa shape index (κ3) is 5.18. The number of pyridine rings is 1. The molecule has 0 spiro atoms. The molecule has 4 fully saturated rings. The summed E-state index contributed by atoms with van der Waals surface area (Å²) in [6.45, 7) is 3.58. The minimum absolute atomic E-state index is 0.00839. The van der Waals surface area contributed by atoms with Crippen LogP contribution in [0.3, 0.4) is 0 Å². The number of anilines is 1. The summed E-state index contributed by atoms with van der Waals surface area (Å²) in [7, 11) is 0. The highest BCUT2D eigenvalue weighted by molar-refractivity contribution is 6.02. The van der Waals surface area contributed by atoms with Crippen LogP contribution in [0.5, 0.6) is 11.8 Å². The van der Waals surface area contributed by atoms with Gasteiger partial charge in [-0.1, -0.05) is 13.0 Å². The number of phenolic OH excluding ortho intramolecular Hbond substituents is 1. The molecule has 8 rings (SSSR count). The van der Waals surface area contributed by atoms with Gasteiger partial charge in [0, 0.05) is 56.2 Å². The molecule has 2 amide bonds. The molecule has 0 saturated carbocycles. The number of nitrogens with zero attached hydrogens (tertiary/aromatic N) is 5. The van der Waals surface area contributed by atoms with Crippen LogP contribution in [0.25, 0.3) is 32.9 Å². The summed E-state index contributed by atoms with van der Waals surface area (Å²) >= 11 is 0. The number of fused-ring (bicyclic) bond motifs is 4. The first-order valence-electron chi connectivity index (χ1n) is 16.7. The molecule has 4 saturated heterocycles. The summed E-state index contributed by atoms with van der Waals surface area (Å²) < 4.78 is 52.7. The van der Waals surface area contributed by atoms with Crippen molar-refractivity contribution in [3.05, 3.63) is 47.7 Å². The Bertz CT molecular complexity index is 2030. The van der Waals surface area contributed by atoms with E-state index in [-0.39, 0.29) is 65.3 Å². The van der Waals surface area contributed by atoms with E-state index in [1.165, 1.54) is 30.5 Å². The van der Waals surface area contributed by atoms with Gasteiger partial charge in [-0.25, -0.2) is 13.2 Å². The zero-order valence-corrected chi connectivity index (χ0v) is 26.9. The fraction of sp³-hybridized carbons (Fsp3) is 0.457. The number of aromatic nitrogens is 3. The molecule has 4 aliphatic heterocycles. The number of benzene rings is 2. The van der Waals surface area contributed by atoms with Gasteiger partial charge in [0.1, 0.15) is 41.4 Å². The number of primary amides is 1. The van der Waals surface area contributed by atoms with Gasteiger partial charge in [0.15, 0.2) is 5.82 Å². The molecule has 0 aliphatic carbocycles. The minimum Gasteiger partial charge on any atom is -0.508 e. The van der Waals surface area contributed by atoms with Gasteiger partial charge < -0.3 is 25.8 Å². The van der Waals surface area contributed by atoms with Gasteiger partial charge in [0.25, 0.3) is 0 Å². The monoisotopic (exact) mass is 675 g/mol. The molecule has 6 heterocycles. The van der Waals surface area contributed by atoms with Crippen LogP contribution >= 0.6 is 0 Å².